The molecule has 9 nitrogen and oxygen atoms in total. The van der Waals surface area contributed by atoms with Crippen molar-refractivity contribution >= 4 is 39.9 Å². The van der Waals surface area contributed by atoms with Gasteiger partial charge in [0.2, 0.25) is 5.91 Å². The van der Waals surface area contributed by atoms with Gasteiger partial charge >= 0.3 is 0 Å². The molecule has 2 atom stereocenters. The SMILES string of the molecule is Cc1nc2ccccc2n1Cc1csc(CNC(=O)C[C@@H](O)C(=O)N2CCCC2c2cccc(N(C)C)c2)n1. The maximum absolute atomic E-state index is 13.1. The van der Waals surface area contributed by atoms with E-state index in [1.807, 2.05) is 73.8 Å². The van der Waals surface area contributed by atoms with Crippen LogP contribution in [0.3, 0.4) is 0 Å². The van der Waals surface area contributed by atoms with Crippen molar-refractivity contribution in [1.82, 2.24) is 24.8 Å². The van der Waals surface area contributed by atoms with Gasteiger partial charge in [0.1, 0.15) is 16.9 Å². The van der Waals surface area contributed by atoms with Crippen LogP contribution in [-0.2, 0) is 22.7 Å². The number of aromatic nitrogens is 3. The van der Waals surface area contributed by atoms with E-state index in [-0.39, 0.29) is 24.9 Å². The molecule has 2 aromatic carbocycles. The van der Waals surface area contributed by atoms with Crippen LogP contribution in [0, 0.1) is 6.92 Å². The van der Waals surface area contributed by atoms with E-state index in [1.165, 1.54) is 11.3 Å². The lowest BCUT2D eigenvalue weighted by Gasteiger charge is -2.28. The van der Waals surface area contributed by atoms with Crippen molar-refractivity contribution in [3.63, 3.8) is 0 Å². The number of rotatable bonds is 9. The number of carbonyl (C=O) groups excluding carboxylic acids is 2. The molecule has 0 spiro atoms. The minimum absolute atomic E-state index is 0.0971. The van der Waals surface area contributed by atoms with Gasteiger partial charge in [0, 0.05) is 31.7 Å². The van der Waals surface area contributed by atoms with Crippen molar-refractivity contribution in [2.75, 3.05) is 25.5 Å². The van der Waals surface area contributed by atoms with Crippen molar-refractivity contribution in [3.8, 4) is 0 Å². The van der Waals surface area contributed by atoms with Crippen LogP contribution in [0.2, 0.25) is 0 Å². The number of aryl methyl sites for hydroxylation is 1. The zero-order chi connectivity index (χ0) is 27.5. The average molecular weight is 547 g/mol. The van der Waals surface area contributed by atoms with Crippen molar-refractivity contribution in [2.45, 2.75) is 51.4 Å². The van der Waals surface area contributed by atoms with Gasteiger partial charge in [-0.2, -0.15) is 0 Å². The molecular formula is C29H34N6O3S. The van der Waals surface area contributed by atoms with Crippen LogP contribution in [0.5, 0.6) is 0 Å². The van der Waals surface area contributed by atoms with Crippen LogP contribution in [0.15, 0.2) is 53.9 Å². The fourth-order valence-corrected chi connectivity index (χ4v) is 5.87. The smallest absolute Gasteiger partial charge is 0.252 e. The van der Waals surface area contributed by atoms with E-state index in [1.54, 1.807) is 4.90 Å². The molecule has 2 N–H and O–H groups in total. The Balaban J connectivity index is 1.15. The Kier molecular flexibility index (Phi) is 7.94. The molecule has 1 fully saturated rings. The first-order chi connectivity index (χ1) is 18.8. The first-order valence-corrected chi connectivity index (χ1v) is 14.1. The van der Waals surface area contributed by atoms with Crippen LogP contribution >= 0.6 is 11.3 Å². The fraction of sp³-hybridized carbons (Fsp3) is 0.379. The highest BCUT2D eigenvalue weighted by Gasteiger charge is 2.34. The lowest BCUT2D eigenvalue weighted by Crippen LogP contribution is -2.41. The number of aliphatic hydroxyl groups excluding tert-OH is 1. The number of nitrogens with one attached hydrogen (secondary N) is 1. The number of thiazole rings is 1. The van der Waals surface area contributed by atoms with Gasteiger partial charge in [-0.1, -0.05) is 24.3 Å². The van der Waals surface area contributed by atoms with Crippen molar-refractivity contribution in [3.05, 3.63) is 76.0 Å². The fourth-order valence-electron chi connectivity index (χ4n) is 5.15. The molecule has 5 rings (SSSR count). The third kappa shape index (κ3) is 5.97. The molecule has 0 aliphatic carbocycles. The highest BCUT2D eigenvalue weighted by atomic mass is 32.1. The van der Waals surface area contributed by atoms with Gasteiger partial charge in [-0.25, -0.2) is 9.97 Å². The zero-order valence-electron chi connectivity index (χ0n) is 22.5. The third-order valence-electron chi connectivity index (χ3n) is 7.17. The Morgan fingerprint density at radius 2 is 2.00 bits per heavy atom. The summed E-state index contributed by atoms with van der Waals surface area (Å²) in [7, 11) is 3.96. The predicted octanol–water partition coefficient (Wildman–Crippen LogP) is 3.65. The number of amides is 2. The monoisotopic (exact) mass is 546 g/mol. The molecule has 204 valence electrons. The normalized spacial score (nSPS) is 16.0. The number of aliphatic hydroxyl groups is 1. The lowest BCUT2D eigenvalue weighted by molar-refractivity contribution is -0.144. The minimum atomic E-state index is -1.38. The van der Waals surface area contributed by atoms with E-state index in [4.69, 9.17) is 0 Å². The Labute approximate surface area is 232 Å². The highest BCUT2D eigenvalue weighted by molar-refractivity contribution is 7.09. The molecule has 1 aliphatic heterocycles. The Morgan fingerprint density at radius 1 is 1.18 bits per heavy atom. The molecule has 10 heteroatoms. The number of nitrogens with zero attached hydrogens (tertiary/aromatic N) is 5. The standard InChI is InChI=1S/C29H34N6O3S/c1-19-31-23-10-4-5-11-25(23)35(19)17-21-18-39-28(32-21)16-30-27(37)15-26(36)29(38)34-13-7-12-24(34)20-8-6-9-22(14-20)33(2)3/h4-6,8-11,14,18,24,26,36H,7,12-13,15-17H2,1-3H3,(H,30,37)/t24?,26-/m1/s1. The van der Waals surface area contributed by atoms with Crippen LogP contribution < -0.4 is 10.2 Å². The second-order valence-corrected chi connectivity index (χ2v) is 11.1. The summed E-state index contributed by atoms with van der Waals surface area (Å²) in [6.07, 6.45) is 0.0371. The molecule has 1 unspecified atom stereocenters. The maximum Gasteiger partial charge on any atom is 0.252 e. The van der Waals surface area contributed by atoms with Gasteiger partial charge in [-0.3, -0.25) is 9.59 Å². The first kappa shape index (κ1) is 26.8. The lowest BCUT2D eigenvalue weighted by atomic mass is 10.0. The van der Waals surface area contributed by atoms with E-state index < -0.39 is 12.0 Å². The average Bonchev–Trinajstić information content (AvgIpc) is 3.67. The molecule has 0 radical (unpaired) electrons. The predicted molar refractivity (Wildman–Crippen MR) is 153 cm³/mol. The van der Waals surface area contributed by atoms with Gasteiger partial charge in [0.25, 0.3) is 5.91 Å². The van der Waals surface area contributed by atoms with Gasteiger partial charge in [0.05, 0.1) is 42.3 Å². The summed E-state index contributed by atoms with van der Waals surface area (Å²) >= 11 is 1.47. The summed E-state index contributed by atoms with van der Waals surface area (Å²) in [6, 6.07) is 16.0. The van der Waals surface area contributed by atoms with Crippen molar-refractivity contribution in [2.24, 2.45) is 0 Å². The van der Waals surface area contributed by atoms with Crippen LogP contribution in [0.25, 0.3) is 11.0 Å². The summed E-state index contributed by atoms with van der Waals surface area (Å²) in [5.74, 6) is 0.139. The summed E-state index contributed by atoms with van der Waals surface area (Å²) in [5.41, 5.74) is 5.01. The van der Waals surface area contributed by atoms with E-state index in [9.17, 15) is 14.7 Å². The number of anilines is 1. The number of fused-ring (bicyclic) bond motifs is 1. The van der Waals surface area contributed by atoms with Crippen LogP contribution in [0.4, 0.5) is 5.69 Å². The number of carbonyl (C=O) groups is 2. The van der Waals surface area contributed by atoms with Crippen LogP contribution in [0.1, 0.15) is 47.4 Å². The van der Waals surface area contributed by atoms with Gasteiger partial charge in [0.15, 0.2) is 0 Å². The topological polar surface area (TPSA) is 104 Å². The number of para-hydroxylation sites is 2. The molecule has 2 amide bonds. The Hall–Kier alpha value is -3.76. The van der Waals surface area contributed by atoms with Gasteiger partial charge < -0.3 is 24.8 Å². The number of imidazole rings is 1. The molecule has 1 aliphatic rings. The van der Waals surface area contributed by atoms with Crippen molar-refractivity contribution in [1.29, 1.82) is 0 Å². The summed E-state index contributed by atoms with van der Waals surface area (Å²) in [6.45, 7) is 3.39. The second-order valence-electron chi connectivity index (χ2n) is 10.1. The number of hydrogen-bond acceptors (Lipinski definition) is 7. The quantitative estimate of drug-likeness (QED) is 0.332. The Morgan fingerprint density at radius 3 is 2.82 bits per heavy atom. The Bertz CT molecular complexity index is 1480. The minimum Gasteiger partial charge on any atom is -0.383 e. The zero-order valence-corrected chi connectivity index (χ0v) is 23.3. The molecule has 2 aromatic heterocycles. The van der Waals surface area contributed by atoms with E-state index >= 15 is 0 Å². The first-order valence-electron chi connectivity index (χ1n) is 13.2. The molecule has 3 heterocycles. The molecule has 0 saturated carbocycles. The highest BCUT2D eigenvalue weighted by Crippen LogP contribution is 2.34. The van der Waals surface area contributed by atoms with E-state index in [0.717, 1.165) is 51.7 Å². The summed E-state index contributed by atoms with van der Waals surface area (Å²) in [5, 5.41) is 16.2. The number of benzene rings is 2. The van der Waals surface area contributed by atoms with E-state index in [0.29, 0.717) is 13.1 Å². The van der Waals surface area contributed by atoms with Gasteiger partial charge in [-0.05, 0) is 49.6 Å². The van der Waals surface area contributed by atoms with Crippen LogP contribution in [-0.4, -0.2) is 63.1 Å². The molecular weight excluding hydrogens is 512 g/mol. The maximum atomic E-state index is 13.1. The number of hydrogen-bond donors (Lipinski definition) is 2. The molecule has 39 heavy (non-hydrogen) atoms. The third-order valence-corrected chi connectivity index (χ3v) is 8.07. The van der Waals surface area contributed by atoms with Crippen molar-refractivity contribution < 1.29 is 14.7 Å². The van der Waals surface area contributed by atoms with Gasteiger partial charge in [-0.15, -0.1) is 11.3 Å². The summed E-state index contributed by atoms with van der Waals surface area (Å²) in [4.78, 5) is 38.7. The second kappa shape index (κ2) is 11.5. The largest absolute Gasteiger partial charge is 0.383 e. The molecule has 4 aromatic rings. The molecule has 1 saturated heterocycles. The summed E-state index contributed by atoms with van der Waals surface area (Å²) < 4.78 is 2.12. The molecule has 0 bridgehead atoms. The van der Waals surface area contributed by atoms with E-state index in [2.05, 4.69) is 25.9 Å². The number of likely N-dealkylation sites (tertiary alicyclic amines) is 1.